The van der Waals surface area contributed by atoms with Crippen LogP contribution in [0.15, 0.2) is 0 Å². The Morgan fingerprint density at radius 3 is 2.00 bits per heavy atom. The summed E-state index contributed by atoms with van der Waals surface area (Å²) in [5.74, 6) is 0.0590. The molecule has 0 atom stereocenters. The highest BCUT2D eigenvalue weighted by atomic mass is 35.5. The van der Waals surface area contributed by atoms with Crippen molar-refractivity contribution in [3.05, 3.63) is 16.4 Å². The van der Waals surface area contributed by atoms with Gasteiger partial charge in [0.2, 0.25) is 5.95 Å². The van der Waals surface area contributed by atoms with E-state index in [9.17, 15) is 0 Å². The Kier molecular flexibility index (Phi) is 1.73. The van der Waals surface area contributed by atoms with E-state index in [-0.39, 0.29) is 16.3 Å². The van der Waals surface area contributed by atoms with Gasteiger partial charge in [0.1, 0.15) is 10.3 Å². The molecule has 0 amide bonds. The molecule has 1 aromatic rings. The smallest absolute Gasteiger partial charge is 0.222 e. The third kappa shape index (κ3) is 1.69. The number of halogens is 2. The molecule has 0 spiro atoms. The number of nitrogens with zero attached hydrogens (tertiary/aromatic N) is 2. The summed E-state index contributed by atoms with van der Waals surface area (Å²) < 4.78 is 0. The zero-order chi connectivity index (χ0) is 6.85. The minimum Gasteiger partial charge on any atom is -0.368 e. The zero-order valence-electron chi connectivity index (χ0n) is 4.23. The molecule has 0 aromatic carbocycles. The van der Waals surface area contributed by atoms with Crippen LogP contribution in [0.5, 0.6) is 0 Å². The van der Waals surface area contributed by atoms with E-state index in [0.29, 0.717) is 0 Å². The predicted octanol–water partition coefficient (Wildman–Crippen LogP) is 1.17. The van der Waals surface area contributed by atoms with E-state index >= 15 is 0 Å². The van der Waals surface area contributed by atoms with Gasteiger partial charge in [-0.25, -0.2) is 9.97 Å². The first-order valence-corrected chi connectivity index (χ1v) is 2.82. The van der Waals surface area contributed by atoms with E-state index in [1.54, 1.807) is 0 Å². The number of rotatable bonds is 0. The molecule has 0 aliphatic carbocycles. The van der Waals surface area contributed by atoms with E-state index in [1.165, 1.54) is 0 Å². The zero-order valence-corrected chi connectivity index (χ0v) is 5.74. The summed E-state index contributed by atoms with van der Waals surface area (Å²) in [5, 5.41) is 0.264. The second-order valence-electron chi connectivity index (χ2n) is 1.29. The largest absolute Gasteiger partial charge is 0.368 e. The van der Waals surface area contributed by atoms with Crippen LogP contribution in [0.3, 0.4) is 0 Å². The Labute approximate surface area is 61.8 Å². The van der Waals surface area contributed by atoms with Gasteiger partial charge in [-0.1, -0.05) is 23.2 Å². The molecule has 1 heterocycles. The molecule has 3 nitrogen and oxygen atoms in total. The Bertz CT molecular complexity index is 175. The first-order chi connectivity index (χ1) is 4.18. The van der Waals surface area contributed by atoms with E-state index in [2.05, 4.69) is 16.0 Å². The molecule has 1 rings (SSSR count). The van der Waals surface area contributed by atoms with Gasteiger partial charge in [-0.3, -0.25) is 0 Å². The lowest BCUT2D eigenvalue weighted by Crippen LogP contribution is -1.93. The topological polar surface area (TPSA) is 51.8 Å². The second-order valence-corrected chi connectivity index (χ2v) is 2.00. The Morgan fingerprint density at radius 1 is 1.22 bits per heavy atom. The van der Waals surface area contributed by atoms with E-state index < -0.39 is 0 Å². The second kappa shape index (κ2) is 2.37. The normalized spacial score (nSPS) is 9.56. The maximum absolute atomic E-state index is 5.38. The Balaban J connectivity index is 3.17. The van der Waals surface area contributed by atoms with Crippen molar-refractivity contribution >= 4 is 29.2 Å². The lowest BCUT2D eigenvalue weighted by atomic mass is 10.7. The van der Waals surface area contributed by atoms with Crippen molar-refractivity contribution in [3.63, 3.8) is 0 Å². The van der Waals surface area contributed by atoms with E-state index in [4.69, 9.17) is 28.9 Å². The number of aromatic nitrogens is 2. The van der Waals surface area contributed by atoms with Crippen LogP contribution in [0.2, 0.25) is 10.3 Å². The summed E-state index contributed by atoms with van der Waals surface area (Å²) in [6, 6.07) is 2.44. The molecular formula is C4H2Cl2N3. The minimum atomic E-state index is 0.0590. The van der Waals surface area contributed by atoms with Crippen molar-refractivity contribution in [3.8, 4) is 0 Å². The summed E-state index contributed by atoms with van der Waals surface area (Å²) in [7, 11) is 0. The van der Waals surface area contributed by atoms with Gasteiger partial charge in [0, 0.05) is 0 Å². The van der Waals surface area contributed by atoms with Crippen molar-refractivity contribution in [1.82, 2.24) is 9.97 Å². The van der Waals surface area contributed by atoms with Gasteiger partial charge in [0.15, 0.2) is 0 Å². The molecule has 2 N–H and O–H groups in total. The molecule has 1 aromatic heterocycles. The van der Waals surface area contributed by atoms with E-state index in [1.807, 2.05) is 0 Å². The summed E-state index contributed by atoms with van der Waals surface area (Å²) >= 11 is 10.8. The fourth-order valence-corrected chi connectivity index (χ4v) is 0.768. The van der Waals surface area contributed by atoms with Crippen molar-refractivity contribution in [2.75, 3.05) is 5.73 Å². The van der Waals surface area contributed by atoms with Crippen LogP contribution in [-0.2, 0) is 0 Å². The molecule has 0 saturated heterocycles. The number of hydrogen-bond donors (Lipinski definition) is 1. The number of nitrogens with two attached hydrogens (primary N) is 1. The number of anilines is 1. The van der Waals surface area contributed by atoms with Gasteiger partial charge < -0.3 is 5.73 Å². The maximum Gasteiger partial charge on any atom is 0.222 e. The standard InChI is InChI=1S/C4H2Cl2N3/c5-2-1-3(6)9-4(7)8-2/h(H2,7,8,9). The molecule has 0 bridgehead atoms. The predicted molar refractivity (Wildman–Crippen MR) is 35.3 cm³/mol. The molecular weight excluding hydrogens is 161 g/mol. The lowest BCUT2D eigenvalue weighted by molar-refractivity contribution is 1.18. The summed E-state index contributed by atoms with van der Waals surface area (Å²) in [4.78, 5) is 7.05. The molecule has 47 valence electrons. The van der Waals surface area contributed by atoms with Crippen molar-refractivity contribution in [1.29, 1.82) is 0 Å². The van der Waals surface area contributed by atoms with Gasteiger partial charge in [0.25, 0.3) is 0 Å². The molecule has 9 heavy (non-hydrogen) atoms. The molecule has 0 aliphatic heterocycles. The minimum absolute atomic E-state index is 0.0590. The fraction of sp³-hybridized carbons (Fsp3) is 0. The van der Waals surface area contributed by atoms with Crippen molar-refractivity contribution in [2.45, 2.75) is 0 Å². The van der Waals surface area contributed by atoms with Crippen LogP contribution in [0.25, 0.3) is 0 Å². The molecule has 0 unspecified atom stereocenters. The third-order valence-electron chi connectivity index (χ3n) is 0.632. The third-order valence-corrected chi connectivity index (χ3v) is 0.990. The van der Waals surface area contributed by atoms with Crippen molar-refractivity contribution in [2.24, 2.45) is 0 Å². The van der Waals surface area contributed by atoms with Gasteiger partial charge in [0.05, 0.1) is 6.07 Å². The number of hydrogen-bond acceptors (Lipinski definition) is 3. The lowest BCUT2D eigenvalue weighted by Gasteiger charge is -1.90. The van der Waals surface area contributed by atoms with Crippen molar-refractivity contribution < 1.29 is 0 Å². The molecule has 0 fully saturated rings. The average molecular weight is 163 g/mol. The quantitative estimate of drug-likeness (QED) is 0.584. The monoisotopic (exact) mass is 162 g/mol. The molecule has 5 heteroatoms. The number of nitrogen functional groups attached to an aromatic ring is 1. The average Bonchev–Trinajstić information content (AvgIpc) is 1.59. The maximum atomic E-state index is 5.38. The van der Waals surface area contributed by atoms with Gasteiger partial charge in [-0.2, -0.15) is 0 Å². The van der Waals surface area contributed by atoms with Gasteiger partial charge in [-0.05, 0) is 0 Å². The molecule has 0 saturated carbocycles. The summed E-state index contributed by atoms with van der Waals surface area (Å²) in [6.45, 7) is 0. The SMILES string of the molecule is Nc1nc(Cl)[c]c(Cl)n1. The van der Waals surface area contributed by atoms with Crippen LogP contribution >= 0.6 is 23.2 Å². The highest BCUT2D eigenvalue weighted by Crippen LogP contribution is 2.10. The highest BCUT2D eigenvalue weighted by Gasteiger charge is 1.95. The van der Waals surface area contributed by atoms with Gasteiger partial charge in [-0.15, -0.1) is 0 Å². The van der Waals surface area contributed by atoms with E-state index in [0.717, 1.165) is 0 Å². The first-order valence-electron chi connectivity index (χ1n) is 2.06. The van der Waals surface area contributed by atoms with Crippen LogP contribution in [0.1, 0.15) is 0 Å². The molecule has 1 radical (unpaired) electrons. The van der Waals surface area contributed by atoms with Crippen LogP contribution in [0.4, 0.5) is 5.95 Å². The fourth-order valence-electron chi connectivity index (χ4n) is 0.367. The Morgan fingerprint density at radius 2 is 1.67 bits per heavy atom. The summed E-state index contributed by atoms with van der Waals surface area (Å²) in [5.41, 5.74) is 5.15. The highest BCUT2D eigenvalue weighted by molar-refractivity contribution is 6.33. The van der Waals surface area contributed by atoms with Crippen LogP contribution in [-0.4, -0.2) is 9.97 Å². The summed E-state index contributed by atoms with van der Waals surface area (Å²) in [6.07, 6.45) is 0. The first kappa shape index (κ1) is 6.58. The van der Waals surface area contributed by atoms with Gasteiger partial charge >= 0.3 is 0 Å². The van der Waals surface area contributed by atoms with Crippen LogP contribution in [0, 0.1) is 6.07 Å². The van der Waals surface area contributed by atoms with Crippen LogP contribution < -0.4 is 5.73 Å². The molecule has 0 aliphatic rings. The Hall–Kier alpha value is -0.540.